The molecule has 0 amide bonds. The first kappa shape index (κ1) is 20.9. The first-order valence-electron chi connectivity index (χ1n) is 10.8. The molecule has 3 aromatic rings. The first-order chi connectivity index (χ1) is 15.5. The van der Waals surface area contributed by atoms with E-state index in [1.54, 1.807) is 30.5 Å². The van der Waals surface area contributed by atoms with Crippen LogP contribution < -0.4 is 5.32 Å². The molecule has 5 rings (SSSR count). The van der Waals surface area contributed by atoms with Gasteiger partial charge in [-0.3, -0.25) is 9.88 Å². The Kier molecular flexibility index (Phi) is 5.55. The summed E-state index contributed by atoms with van der Waals surface area (Å²) < 4.78 is 41.4. The van der Waals surface area contributed by atoms with Gasteiger partial charge in [0.05, 0.1) is 11.4 Å². The van der Waals surface area contributed by atoms with Crippen LogP contribution in [0, 0.1) is 11.8 Å². The monoisotopic (exact) mass is 439 g/mol. The van der Waals surface area contributed by atoms with Gasteiger partial charge < -0.3 is 5.32 Å². The van der Waals surface area contributed by atoms with Crippen LogP contribution in [-0.2, 0) is 12.7 Å². The second-order valence-corrected chi connectivity index (χ2v) is 8.70. The number of likely N-dealkylation sites (tertiary alicyclic amines) is 1. The van der Waals surface area contributed by atoms with Gasteiger partial charge in [0.25, 0.3) is 0 Å². The van der Waals surface area contributed by atoms with E-state index in [1.165, 1.54) is 0 Å². The van der Waals surface area contributed by atoms with Gasteiger partial charge in [-0.15, -0.1) is 10.2 Å². The molecule has 0 unspecified atom stereocenters. The first-order valence-corrected chi connectivity index (χ1v) is 10.8. The summed E-state index contributed by atoms with van der Waals surface area (Å²) in [4.78, 5) is 6.79. The lowest BCUT2D eigenvalue weighted by Gasteiger charge is -2.21. The van der Waals surface area contributed by atoms with Gasteiger partial charge in [0, 0.05) is 37.4 Å². The molecule has 3 heterocycles. The topological polar surface area (TPSA) is 53.9 Å². The summed E-state index contributed by atoms with van der Waals surface area (Å²) in [5, 5.41) is 11.1. The predicted molar refractivity (Wildman–Crippen MR) is 116 cm³/mol. The summed E-state index contributed by atoms with van der Waals surface area (Å²) >= 11 is 0. The molecule has 1 aromatic carbocycles. The molecule has 0 radical (unpaired) electrons. The lowest BCUT2D eigenvalue weighted by molar-refractivity contribution is -0.137. The summed E-state index contributed by atoms with van der Waals surface area (Å²) in [6.45, 7) is 2.71. The number of nitrogens with zero attached hydrogens (tertiary/aromatic N) is 4. The van der Waals surface area contributed by atoms with Gasteiger partial charge in [-0.05, 0) is 42.9 Å². The Hall–Kier alpha value is -3.00. The lowest BCUT2D eigenvalue weighted by Crippen LogP contribution is -2.26. The summed E-state index contributed by atoms with van der Waals surface area (Å²) in [7, 11) is 0. The van der Waals surface area contributed by atoms with Gasteiger partial charge >= 0.3 is 6.18 Å². The van der Waals surface area contributed by atoms with Gasteiger partial charge in [-0.25, -0.2) is 0 Å². The van der Waals surface area contributed by atoms with Crippen LogP contribution in [-0.4, -0.2) is 39.2 Å². The van der Waals surface area contributed by atoms with Crippen LogP contribution in [0.25, 0.3) is 11.3 Å². The largest absolute Gasteiger partial charge is 0.420 e. The predicted octanol–water partition coefficient (Wildman–Crippen LogP) is 4.88. The third kappa shape index (κ3) is 4.46. The highest BCUT2D eigenvalue weighted by Crippen LogP contribution is 2.41. The third-order valence-electron chi connectivity index (χ3n) is 6.45. The van der Waals surface area contributed by atoms with Crippen molar-refractivity contribution in [3.8, 4) is 11.3 Å². The van der Waals surface area contributed by atoms with Gasteiger partial charge in [0.2, 0.25) is 0 Å². The number of aromatic nitrogens is 3. The average molecular weight is 439 g/mol. The standard InChI is InChI=1S/C24H24F3N5/c25-24(26,27)21-12-22(16-6-2-1-3-7-16)30-31-23(21)29-20-10-17-13-32(14-18(17)11-20)15-19-8-4-5-9-28-19/h1-9,12,17-18,20H,10-11,13-15H2,(H,29,31)/t17-,18+,20-. The highest BCUT2D eigenvalue weighted by Gasteiger charge is 2.42. The molecule has 0 spiro atoms. The number of nitrogens with one attached hydrogen (secondary N) is 1. The number of hydrogen-bond donors (Lipinski definition) is 1. The number of rotatable bonds is 5. The maximum atomic E-state index is 13.8. The minimum atomic E-state index is -4.50. The molecule has 1 saturated carbocycles. The summed E-state index contributed by atoms with van der Waals surface area (Å²) in [6.07, 6.45) is -1.03. The average Bonchev–Trinajstić information content (AvgIpc) is 3.32. The van der Waals surface area contributed by atoms with Crippen LogP contribution in [0.3, 0.4) is 0 Å². The fraction of sp³-hybridized carbons (Fsp3) is 0.375. The van der Waals surface area contributed by atoms with E-state index >= 15 is 0 Å². The van der Waals surface area contributed by atoms with Crippen molar-refractivity contribution >= 4 is 5.82 Å². The second-order valence-electron chi connectivity index (χ2n) is 8.70. The highest BCUT2D eigenvalue weighted by molar-refractivity contribution is 5.62. The van der Waals surface area contributed by atoms with E-state index < -0.39 is 11.7 Å². The number of pyridine rings is 1. The molecule has 5 nitrogen and oxygen atoms in total. The van der Waals surface area contributed by atoms with Crippen molar-refractivity contribution in [2.75, 3.05) is 18.4 Å². The summed E-state index contributed by atoms with van der Waals surface area (Å²) in [5.74, 6) is 0.775. The Morgan fingerprint density at radius 2 is 1.66 bits per heavy atom. The van der Waals surface area contributed by atoms with Crippen LogP contribution in [0.4, 0.5) is 19.0 Å². The summed E-state index contributed by atoms with van der Waals surface area (Å²) in [5.41, 5.74) is 1.11. The maximum Gasteiger partial charge on any atom is 0.420 e. The van der Waals surface area contributed by atoms with E-state index in [4.69, 9.17) is 0 Å². The molecule has 2 aromatic heterocycles. The van der Waals surface area contributed by atoms with Crippen LogP contribution in [0.2, 0.25) is 0 Å². The Morgan fingerprint density at radius 3 is 2.31 bits per heavy atom. The molecule has 1 saturated heterocycles. The Bertz CT molecular complexity index is 1040. The molecule has 3 atom stereocenters. The van der Waals surface area contributed by atoms with Crippen molar-refractivity contribution in [1.82, 2.24) is 20.1 Å². The Labute approximate surface area is 184 Å². The molecular weight excluding hydrogens is 415 g/mol. The molecule has 8 heteroatoms. The van der Waals surface area contributed by atoms with E-state index in [2.05, 4.69) is 25.4 Å². The molecule has 2 aliphatic rings. The molecule has 1 aliphatic heterocycles. The van der Waals surface area contributed by atoms with Crippen molar-refractivity contribution in [2.45, 2.75) is 31.6 Å². The van der Waals surface area contributed by atoms with Crippen molar-refractivity contribution in [3.63, 3.8) is 0 Å². The number of hydrogen-bond acceptors (Lipinski definition) is 5. The zero-order valence-electron chi connectivity index (χ0n) is 17.5. The smallest absolute Gasteiger partial charge is 0.365 e. The summed E-state index contributed by atoms with van der Waals surface area (Å²) in [6, 6.07) is 15.8. The molecule has 1 N–H and O–H groups in total. The lowest BCUT2D eigenvalue weighted by atomic mass is 10.0. The molecule has 1 aliphatic carbocycles. The number of halogens is 3. The minimum Gasteiger partial charge on any atom is -0.365 e. The van der Waals surface area contributed by atoms with Gasteiger partial charge in [0.15, 0.2) is 5.82 Å². The van der Waals surface area contributed by atoms with Crippen molar-refractivity contribution in [1.29, 1.82) is 0 Å². The van der Waals surface area contributed by atoms with E-state index in [9.17, 15) is 13.2 Å². The number of benzene rings is 1. The Morgan fingerprint density at radius 1 is 0.938 bits per heavy atom. The molecule has 2 fully saturated rings. The van der Waals surface area contributed by atoms with E-state index in [0.717, 1.165) is 44.2 Å². The highest BCUT2D eigenvalue weighted by atomic mass is 19.4. The molecular formula is C24H24F3N5. The second kappa shape index (κ2) is 8.50. The van der Waals surface area contributed by atoms with Crippen LogP contribution in [0.5, 0.6) is 0 Å². The maximum absolute atomic E-state index is 13.8. The number of fused-ring (bicyclic) bond motifs is 1. The van der Waals surface area contributed by atoms with E-state index in [1.807, 2.05) is 24.3 Å². The molecule has 0 bridgehead atoms. The van der Waals surface area contributed by atoms with Gasteiger partial charge in [0.1, 0.15) is 5.56 Å². The fourth-order valence-corrected chi connectivity index (χ4v) is 5.02. The van der Waals surface area contributed by atoms with Gasteiger partial charge in [-0.2, -0.15) is 13.2 Å². The number of anilines is 1. The molecule has 166 valence electrons. The van der Waals surface area contributed by atoms with Crippen LogP contribution in [0.1, 0.15) is 24.1 Å². The third-order valence-corrected chi connectivity index (χ3v) is 6.45. The quantitative estimate of drug-likeness (QED) is 0.614. The minimum absolute atomic E-state index is 0.0278. The Balaban J connectivity index is 1.26. The van der Waals surface area contributed by atoms with E-state index in [-0.39, 0.29) is 17.6 Å². The zero-order chi connectivity index (χ0) is 22.1. The fourth-order valence-electron chi connectivity index (χ4n) is 5.02. The van der Waals surface area contributed by atoms with Crippen molar-refractivity contribution in [2.24, 2.45) is 11.8 Å². The number of alkyl halides is 3. The normalized spacial score (nSPS) is 23.3. The van der Waals surface area contributed by atoms with Crippen molar-refractivity contribution in [3.05, 3.63) is 72.1 Å². The SMILES string of the molecule is FC(F)(F)c1cc(-c2ccccc2)nnc1N[C@@H]1C[C@@H]2CN(Cc3ccccn3)C[C@@H]2C1. The molecule has 32 heavy (non-hydrogen) atoms. The van der Waals surface area contributed by atoms with Crippen LogP contribution in [0.15, 0.2) is 60.8 Å². The van der Waals surface area contributed by atoms with Gasteiger partial charge in [-0.1, -0.05) is 36.4 Å². The van der Waals surface area contributed by atoms with E-state index in [0.29, 0.717) is 17.4 Å². The zero-order valence-corrected chi connectivity index (χ0v) is 17.5. The van der Waals surface area contributed by atoms with Crippen LogP contribution >= 0.6 is 0 Å². The van der Waals surface area contributed by atoms with Crippen molar-refractivity contribution < 1.29 is 13.2 Å².